The number of hydrogen-bond donors (Lipinski definition) is 0. The molecular weight excluding hydrogens is 350 g/mol. The first-order chi connectivity index (χ1) is 12.5. The van der Waals surface area contributed by atoms with Gasteiger partial charge in [-0.2, -0.15) is 0 Å². The van der Waals surface area contributed by atoms with Crippen LogP contribution in [0, 0.1) is 0 Å². The zero-order chi connectivity index (χ0) is 18.7. The van der Waals surface area contributed by atoms with Crippen molar-refractivity contribution in [3.05, 3.63) is 64.2 Å². The molecule has 0 saturated carbocycles. The molecule has 0 aliphatic carbocycles. The molecule has 134 valence electrons. The zero-order valence-electron chi connectivity index (χ0n) is 14.6. The monoisotopic (exact) mass is 369 g/mol. The summed E-state index contributed by atoms with van der Waals surface area (Å²) < 4.78 is 0. The first-order valence-electron chi connectivity index (χ1n) is 8.68. The third-order valence-corrected chi connectivity index (χ3v) is 4.90. The predicted molar refractivity (Wildman–Crippen MR) is 102 cm³/mol. The molecule has 26 heavy (non-hydrogen) atoms. The fraction of sp³-hybridized carbons (Fsp3) is 0.286. The fourth-order valence-corrected chi connectivity index (χ4v) is 3.31. The lowest BCUT2D eigenvalue weighted by atomic mass is 9.97. The number of rotatable bonds is 5. The van der Waals surface area contributed by atoms with Crippen LogP contribution in [0.1, 0.15) is 52.5 Å². The standard InChI is InChI=1S/C21H20ClNO3/c1-14(24)17-5-4-15-3-2-12-23(19(15)13-17)21(26)11-10-20(25)16-6-8-18(22)9-7-16/h4-9,13H,2-3,10-12H2,1H3. The third kappa shape index (κ3) is 4.02. The number of aryl methyl sites for hydroxylation is 1. The molecular formula is C21H20ClNO3. The SMILES string of the molecule is CC(=O)c1ccc2c(c1)N(C(=O)CCC(=O)c1ccc(Cl)cc1)CCC2. The van der Waals surface area contributed by atoms with Crippen LogP contribution in [0.4, 0.5) is 5.69 Å². The van der Waals surface area contributed by atoms with Crippen molar-refractivity contribution in [1.82, 2.24) is 0 Å². The van der Waals surface area contributed by atoms with Gasteiger partial charge in [0.05, 0.1) is 0 Å². The van der Waals surface area contributed by atoms with Gasteiger partial charge < -0.3 is 4.90 Å². The van der Waals surface area contributed by atoms with Crippen LogP contribution >= 0.6 is 11.6 Å². The molecule has 2 aromatic carbocycles. The van der Waals surface area contributed by atoms with Crippen LogP contribution in [-0.2, 0) is 11.2 Å². The van der Waals surface area contributed by atoms with Gasteiger partial charge in [0.2, 0.25) is 5.91 Å². The maximum absolute atomic E-state index is 12.7. The van der Waals surface area contributed by atoms with Gasteiger partial charge in [-0.05, 0) is 55.7 Å². The van der Waals surface area contributed by atoms with Crippen molar-refractivity contribution in [1.29, 1.82) is 0 Å². The van der Waals surface area contributed by atoms with Crippen LogP contribution in [0.3, 0.4) is 0 Å². The Balaban J connectivity index is 1.71. The zero-order valence-corrected chi connectivity index (χ0v) is 15.4. The van der Waals surface area contributed by atoms with E-state index in [0.29, 0.717) is 22.7 Å². The van der Waals surface area contributed by atoms with E-state index in [2.05, 4.69) is 0 Å². The Hall–Kier alpha value is -2.46. The van der Waals surface area contributed by atoms with Crippen molar-refractivity contribution in [3.63, 3.8) is 0 Å². The molecule has 0 radical (unpaired) electrons. The van der Waals surface area contributed by atoms with Crippen LogP contribution in [0.2, 0.25) is 5.02 Å². The van der Waals surface area contributed by atoms with Gasteiger partial charge in [-0.25, -0.2) is 0 Å². The maximum atomic E-state index is 12.7. The van der Waals surface area contributed by atoms with Gasteiger partial charge in [-0.1, -0.05) is 23.7 Å². The summed E-state index contributed by atoms with van der Waals surface area (Å²) in [6.45, 7) is 2.13. The summed E-state index contributed by atoms with van der Waals surface area (Å²) >= 11 is 5.83. The molecule has 0 saturated heterocycles. The average Bonchev–Trinajstić information content (AvgIpc) is 2.65. The van der Waals surface area contributed by atoms with Crippen LogP contribution < -0.4 is 4.90 Å². The van der Waals surface area contributed by atoms with E-state index in [9.17, 15) is 14.4 Å². The molecule has 1 aliphatic rings. The minimum absolute atomic E-state index is 0.0244. The number of benzene rings is 2. The van der Waals surface area contributed by atoms with E-state index in [1.165, 1.54) is 6.92 Å². The summed E-state index contributed by atoms with van der Waals surface area (Å²) in [4.78, 5) is 38.3. The average molecular weight is 370 g/mol. The smallest absolute Gasteiger partial charge is 0.227 e. The quantitative estimate of drug-likeness (QED) is 0.730. The highest BCUT2D eigenvalue weighted by Gasteiger charge is 2.23. The van der Waals surface area contributed by atoms with E-state index >= 15 is 0 Å². The van der Waals surface area contributed by atoms with Crippen molar-refractivity contribution >= 4 is 34.8 Å². The summed E-state index contributed by atoms with van der Waals surface area (Å²) in [5.74, 6) is -0.192. The molecule has 4 nitrogen and oxygen atoms in total. The Kier molecular flexibility index (Phi) is 5.52. The maximum Gasteiger partial charge on any atom is 0.227 e. The number of carbonyl (C=O) groups is 3. The van der Waals surface area contributed by atoms with Crippen molar-refractivity contribution in [2.75, 3.05) is 11.4 Å². The number of Topliss-reactive ketones (excluding diaryl/α,β-unsaturated/α-hetero) is 2. The Morgan fingerprint density at radius 1 is 1.00 bits per heavy atom. The van der Waals surface area contributed by atoms with Crippen molar-refractivity contribution in [3.8, 4) is 0 Å². The van der Waals surface area contributed by atoms with Gasteiger partial charge in [0, 0.05) is 41.2 Å². The third-order valence-electron chi connectivity index (χ3n) is 4.64. The minimum atomic E-state index is -0.0889. The molecule has 1 amide bonds. The first-order valence-corrected chi connectivity index (χ1v) is 9.06. The van der Waals surface area contributed by atoms with Crippen LogP contribution in [0.25, 0.3) is 0 Å². The van der Waals surface area contributed by atoms with Crippen LogP contribution in [0.15, 0.2) is 42.5 Å². The predicted octanol–water partition coefficient (Wildman–Crippen LogP) is 4.48. The van der Waals surface area contributed by atoms with Gasteiger partial charge in [-0.3, -0.25) is 14.4 Å². The Morgan fingerprint density at radius 2 is 1.69 bits per heavy atom. The number of ketones is 2. The van der Waals surface area contributed by atoms with Gasteiger partial charge >= 0.3 is 0 Å². The number of anilines is 1. The van der Waals surface area contributed by atoms with E-state index in [1.807, 2.05) is 6.07 Å². The summed E-state index contributed by atoms with van der Waals surface area (Å²) in [7, 11) is 0. The molecule has 0 unspecified atom stereocenters. The topological polar surface area (TPSA) is 54.5 Å². The van der Waals surface area contributed by atoms with Gasteiger partial charge in [0.1, 0.15) is 0 Å². The molecule has 5 heteroatoms. The molecule has 1 aliphatic heterocycles. The number of amides is 1. The molecule has 1 heterocycles. The molecule has 0 fully saturated rings. The highest BCUT2D eigenvalue weighted by molar-refractivity contribution is 6.30. The van der Waals surface area contributed by atoms with E-state index < -0.39 is 0 Å². The first kappa shape index (κ1) is 18.3. The van der Waals surface area contributed by atoms with Crippen molar-refractivity contribution in [2.24, 2.45) is 0 Å². The fourth-order valence-electron chi connectivity index (χ4n) is 3.19. The largest absolute Gasteiger partial charge is 0.312 e. The van der Waals surface area contributed by atoms with Gasteiger partial charge in [0.15, 0.2) is 11.6 Å². The molecule has 3 rings (SSSR count). The highest BCUT2D eigenvalue weighted by Crippen LogP contribution is 2.29. The second-order valence-electron chi connectivity index (χ2n) is 6.48. The molecule has 0 spiro atoms. The minimum Gasteiger partial charge on any atom is -0.312 e. The molecule has 2 aromatic rings. The van der Waals surface area contributed by atoms with Crippen LogP contribution in [0.5, 0.6) is 0 Å². The summed E-state index contributed by atoms with van der Waals surface area (Å²) in [6, 6.07) is 12.2. The van der Waals surface area contributed by atoms with Crippen LogP contribution in [-0.4, -0.2) is 24.0 Å². The summed E-state index contributed by atoms with van der Waals surface area (Å²) in [5.41, 5.74) is 3.02. The second kappa shape index (κ2) is 7.83. The normalized spacial score (nSPS) is 13.2. The lowest BCUT2D eigenvalue weighted by Gasteiger charge is -2.30. The van der Waals surface area contributed by atoms with Crippen molar-refractivity contribution in [2.45, 2.75) is 32.6 Å². The van der Waals surface area contributed by atoms with Crippen molar-refractivity contribution < 1.29 is 14.4 Å². The highest BCUT2D eigenvalue weighted by atomic mass is 35.5. The molecule has 0 aromatic heterocycles. The number of hydrogen-bond acceptors (Lipinski definition) is 3. The Bertz CT molecular complexity index is 858. The van der Waals surface area contributed by atoms with E-state index in [0.717, 1.165) is 24.1 Å². The lowest BCUT2D eigenvalue weighted by molar-refractivity contribution is -0.118. The summed E-state index contributed by atoms with van der Waals surface area (Å²) in [5, 5.41) is 0.573. The molecule has 0 atom stereocenters. The lowest BCUT2D eigenvalue weighted by Crippen LogP contribution is -2.35. The molecule has 0 N–H and O–H groups in total. The molecule has 0 bridgehead atoms. The number of fused-ring (bicyclic) bond motifs is 1. The van der Waals surface area contributed by atoms with Gasteiger partial charge in [-0.15, -0.1) is 0 Å². The summed E-state index contributed by atoms with van der Waals surface area (Å²) in [6.07, 6.45) is 2.06. The number of nitrogens with zero attached hydrogens (tertiary/aromatic N) is 1. The Morgan fingerprint density at radius 3 is 2.38 bits per heavy atom. The van der Waals surface area contributed by atoms with E-state index in [4.69, 9.17) is 11.6 Å². The van der Waals surface area contributed by atoms with E-state index in [-0.39, 0.29) is 30.3 Å². The number of carbonyl (C=O) groups excluding carboxylic acids is 3. The van der Waals surface area contributed by atoms with E-state index in [1.54, 1.807) is 41.3 Å². The Labute approximate surface area is 157 Å². The van der Waals surface area contributed by atoms with Gasteiger partial charge in [0.25, 0.3) is 0 Å². The second-order valence-corrected chi connectivity index (χ2v) is 6.92. The number of halogens is 1.